The first-order valence-corrected chi connectivity index (χ1v) is 35.3. The average molecular weight is 1210 g/mol. The van der Waals surface area contributed by atoms with Gasteiger partial charge in [-0.3, -0.25) is 9.59 Å². The van der Waals surface area contributed by atoms with Gasteiger partial charge in [0.25, 0.3) is 0 Å². The summed E-state index contributed by atoms with van der Waals surface area (Å²) in [6, 6.07) is 0. The number of hydrogen-bond donors (Lipinski definition) is 1. The number of aliphatic hydroxyl groups excluding tert-OH is 1. The Bertz CT molecular complexity index is 2100. The van der Waals surface area contributed by atoms with E-state index in [2.05, 4.69) is 233 Å². The SMILES string of the molecule is CC/C=C\C/C=C\C/C=C\C/C=C\C/C=C\C/C=C\C/C=C\C/C=C\C/C=C\C/C=C\C/C=C\CCCCCCCC(=O)OC(CO)COC(=O)CCCCCCCCCCCCCCC/C=C\C/C=C\C/C=C\C/C=C\C/C=C\C/C=C\C/C=C\CC. The number of allylic oxidation sites excluding steroid dienone is 36. The molecule has 1 atom stereocenters. The molecule has 0 aliphatic rings. The van der Waals surface area contributed by atoms with Crippen molar-refractivity contribution in [2.45, 2.75) is 277 Å². The Labute approximate surface area is 542 Å². The summed E-state index contributed by atoms with van der Waals surface area (Å²) in [4.78, 5) is 24.7. The van der Waals surface area contributed by atoms with Gasteiger partial charge in [0.05, 0.1) is 6.61 Å². The van der Waals surface area contributed by atoms with Crippen LogP contribution in [0, 0.1) is 0 Å². The highest BCUT2D eigenvalue weighted by Gasteiger charge is 2.16. The molecular weight excluding hydrogens is 1080 g/mol. The topological polar surface area (TPSA) is 72.8 Å². The van der Waals surface area contributed by atoms with Crippen LogP contribution in [0.3, 0.4) is 0 Å². The smallest absolute Gasteiger partial charge is 0.306 e. The lowest BCUT2D eigenvalue weighted by Crippen LogP contribution is -2.28. The molecule has 0 aromatic carbocycles. The molecule has 0 fully saturated rings. The van der Waals surface area contributed by atoms with Gasteiger partial charge in [0.2, 0.25) is 0 Å². The Balaban J connectivity index is 3.62. The van der Waals surface area contributed by atoms with E-state index in [9.17, 15) is 14.7 Å². The highest BCUT2D eigenvalue weighted by Crippen LogP contribution is 2.15. The normalized spacial score (nSPS) is 13.6. The molecule has 0 aromatic rings. The third kappa shape index (κ3) is 72.7. The van der Waals surface area contributed by atoms with Gasteiger partial charge in [-0.2, -0.15) is 0 Å². The summed E-state index contributed by atoms with van der Waals surface area (Å²) >= 11 is 0. The van der Waals surface area contributed by atoms with E-state index in [0.29, 0.717) is 12.8 Å². The van der Waals surface area contributed by atoms with Crippen molar-refractivity contribution in [3.63, 3.8) is 0 Å². The highest BCUT2D eigenvalue weighted by molar-refractivity contribution is 5.70. The zero-order valence-electron chi connectivity index (χ0n) is 56.1. The number of carbonyl (C=O) groups excluding carboxylic acids is 2. The first-order chi connectivity index (χ1) is 43.6. The molecule has 1 unspecified atom stereocenters. The summed E-state index contributed by atoms with van der Waals surface area (Å²) < 4.78 is 10.7. The Morgan fingerprint density at radius 1 is 0.261 bits per heavy atom. The van der Waals surface area contributed by atoms with Crippen molar-refractivity contribution >= 4 is 11.9 Å². The molecule has 0 spiro atoms. The monoisotopic (exact) mass is 1200 g/mol. The predicted octanol–water partition coefficient (Wildman–Crippen LogP) is 25.1. The highest BCUT2D eigenvalue weighted by atomic mass is 16.6. The third-order valence-corrected chi connectivity index (χ3v) is 14.3. The van der Waals surface area contributed by atoms with E-state index in [1.54, 1.807) is 0 Å². The standard InChI is InChI=1S/C83H128O5/c1-3-5-7-9-11-13-15-17-19-21-23-25-27-29-31-33-35-37-39-40-41-42-44-46-48-50-52-54-56-58-60-62-64-66-68-70-72-74-76-78-83(86)88-81(79-84)80-87-82(85)77-75-73-71-69-67-65-63-61-59-57-55-53-51-49-47-45-43-38-36-34-32-30-28-26-24-22-20-18-16-14-12-10-8-6-4-2/h5-8,11-14,17-20,23-26,29-32,35-38,40-41,44-47,50,52,56,58,62,64,81,84H,3-4,9-10,15-16,21-22,27-28,33-34,39,42-43,48-49,51,53-55,57,59-61,63,65-80H2,1-2H3/b7-5-,8-6-,13-11-,14-12-,19-17-,20-18-,25-23-,26-24-,31-29-,32-30-,37-35-,38-36-,41-40-,46-44-,47-45-,52-50-,58-56-,64-62-. The molecule has 5 heteroatoms. The third-order valence-electron chi connectivity index (χ3n) is 14.3. The first-order valence-electron chi connectivity index (χ1n) is 35.3. The van der Waals surface area contributed by atoms with Crippen molar-refractivity contribution in [3.8, 4) is 0 Å². The van der Waals surface area contributed by atoms with Crippen LogP contribution < -0.4 is 0 Å². The molecule has 0 aromatic heterocycles. The Kier molecular flexibility index (Phi) is 70.5. The Morgan fingerprint density at radius 3 is 0.682 bits per heavy atom. The number of rotatable bonds is 62. The quantitative estimate of drug-likeness (QED) is 0.0373. The number of unbranched alkanes of at least 4 members (excludes halogenated alkanes) is 18. The summed E-state index contributed by atoms with van der Waals surface area (Å²) in [6.45, 7) is 3.89. The minimum Gasteiger partial charge on any atom is -0.462 e. The second-order valence-electron chi connectivity index (χ2n) is 22.5. The number of ether oxygens (including phenoxy) is 2. The molecular formula is C83H128O5. The predicted molar refractivity (Wildman–Crippen MR) is 388 cm³/mol. The molecule has 0 saturated heterocycles. The second-order valence-corrected chi connectivity index (χ2v) is 22.5. The van der Waals surface area contributed by atoms with E-state index in [1.165, 1.54) is 70.6 Å². The molecule has 0 aliphatic carbocycles. The lowest BCUT2D eigenvalue weighted by molar-refractivity contribution is -0.161. The van der Waals surface area contributed by atoms with E-state index in [-0.39, 0.29) is 25.2 Å². The van der Waals surface area contributed by atoms with Crippen molar-refractivity contribution in [1.82, 2.24) is 0 Å². The molecule has 0 saturated carbocycles. The summed E-state index contributed by atoms with van der Waals surface area (Å²) in [5, 5.41) is 9.70. The summed E-state index contributed by atoms with van der Waals surface area (Å²) in [6.07, 6.45) is 122. The van der Waals surface area contributed by atoms with E-state index >= 15 is 0 Å². The maximum absolute atomic E-state index is 12.4. The molecule has 0 bridgehead atoms. The summed E-state index contributed by atoms with van der Waals surface area (Å²) in [5.41, 5.74) is 0. The molecule has 0 aliphatic heterocycles. The minimum atomic E-state index is -0.801. The fourth-order valence-corrected chi connectivity index (χ4v) is 9.07. The van der Waals surface area contributed by atoms with Crippen LogP contribution in [0.15, 0.2) is 219 Å². The molecule has 5 nitrogen and oxygen atoms in total. The second kappa shape index (κ2) is 75.5. The van der Waals surface area contributed by atoms with E-state index in [1.807, 2.05) is 0 Å². The number of hydrogen-bond acceptors (Lipinski definition) is 5. The average Bonchev–Trinajstić information content (AvgIpc) is 3.54. The number of carbonyl (C=O) groups is 2. The summed E-state index contributed by atoms with van der Waals surface area (Å²) in [7, 11) is 0. The van der Waals surface area contributed by atoms with E-state index < -0.39 is 6.10 Å². The van der Waals surface area contributed by atoms with Gasteiger partial charge in [-0.15, -0.1) is 0 Å². The first kappa shape index (κ1) is 82.2. The van der Waals surface area contributed by atoms with Crippen LogP contribution in [0.25, 0.3) is 0 Å². The lowest BCUT2D eigenvalue weighted by atomic mass is 10.0. The van der Waals surface area contributed by atoms with Crippen LogP contribution in [0.5, 0.6) is 0 Å². The van der Waals surface area contributed by atoms with Gasteiger partial charge in [-0.05, 0) is 154 Å². The maximum atomic E-state index is 12.4. The van der Waals surface area contributed by atoms with Crippen LogP contribution >= 0.6 is 0 Å². The zero-order chi connectivity index (χ0) is 63.3. The van der Waals surface area contributed by atoms with Crippen molar-refractivity contribution in [3.05, 3.63) is 219 Å². The summed E-state index contributed by atoms with van der Waals surface area (Å²) in [5.74, 6) is -0.626. The van der Waals surface area contributed by atoms with E-state index in [4.69, 9.17) is 9.47 Å². The molecule has 0 rings (SSSR count). The van der Waals surface area contributed by atoms with Gasteiger partial charge in [0, 0.05) is 12.8 Å². The van der Waals surface area contributed by atoms with Crippen LogP contribution in [0.4, 0.5) is 0 Å². The molecule has 0 heterocycles. The van der Waals surface area contributed by atoms with Gasteiger partial charge < -0.3 is 14.6 Å². The fourth-order valence-electron chi connectivity index (χ4n) is 9.07. The van der Waals surface area contributed by atoms with Gasteiger partial charge in [-0.25, -0.2) is 0 Å². The molecule has 0 amide bonds. The molecule has 88 heavy (non-hydrogen) atoms. The molecule has 1 N–H and O–H groups in total. The van der Waals surface area contributed by atoms with Crippen molar-refractivity contribution in [2.75, 3.05) is 13.2 Å². The molecule has 0 radical (unpaired) electrons. The van der Waals surface area contributed by atoms with E-state index in [0.717, 1.165) is 173 Å². The Morgan fingerprint density at radius 2 is 0.455 bits per heavy atom. The fraction of sp³-hybridized carbons (Fsp3) is 0.542. The van der Waals surface area contributed by atoms with Gasteiger partial charge in [0.15, 0.2) is 6.10 Å². The van der Waals surface area contributed by atoms with Crippen molar-refractivity contribution in [2.24, 2.45) is 0 Å². The maximum Gasteiger partial charge on any atom is 0.306 e. The minimum absolute atomic E-state index is 0.0876. The zero-order valence-corrected chi connectivity index (χ0v) is 56.1. The van der Waals surface area contributed by atoms with Crippen LogP contribution in [0.2, 0.25) is 0 Å². The van der Waals surface area contributed by atoms with Gasteiger partial charge in [-0.1, -0.05) is 322 Å². The van der Waals surface area contributed by atoms with Crippen LogP contribution in [-0.4, -0.2) is 36.4 Å². The van der Waals surface area contributed by atoms with Crippen molar-refractivity contribution in [1.29, 1.82) is 0 Å². The number of aliphatic hydroxyl groups is 1. The van der Waals surface area contributed by atoms with Crippen LogP contribution in [0.1, 0.15) is 271 Å². The number of esters is 2. The van der Waals surface area contributed by atoms with Crippen LogP contribution in [-0.2, 0) is 19.1 Å². The lowest BCUT2D eigenvalue weighted by Gasteiger charge is -2.15. The largest absolute Gasteiger partial charge is 0.462 e. The van der Waals surface area contributed by atoms with Gasteiger partial charge in [0.1, 0.15) is 6.61 Å². The Hall–Kier alpha value is -5.78. The van der Waals surface area contributed by atoms with Crippen molar-refractivity contribution < 1.29 is 24.2 Å². The molecule has 490 valence electrons. The van der Waals surface area contributed by atoms with Gasteiger partial charge >= 0.3 is 11.9 Å².